The number of aliphatic hydroxyl groups is 1. The van der Waals surface area contributed by atoms with Crippen molar-refractivity contribution < 1.29 is 5.11 Å². The van der Waals surface area contributed by atoms with Crippen LogP contribution in [0.5, 0.6) is 0 Å². The Balaban J connectivity index is 2.01. The molecule has 0 aliphatic carbocycles. The van der Waals surface area contributed by atoms with Gasteiger partial charge in [-0.2, -0.15) is 0 Å². The van der Waals surface area contributed by atoms with E-state index in [1.54, 1.807) is 0 Å². The standard InChI is InChI=1S/C14H20N4O/c19-9-3-6-13-17-12-5-2-8-16-14(12)18(13)11-4-1-7-15-10-11/h2,5,8,11,15,19H,1,3-4,6-7,9-10H2. The highest BCUT2D eigenvalue weighted by molar-refractivity contribution is 5.71. The van der Waals surface area contributed by atoms with E-state index in [-0.39, 0.29) is 6.61 Å². The maximum atomic E-state index is 9.04. The molecule has 0 saturated carbocycles. The summed E-state index contributed by atoms with van der Waals surface area (Å²) in [6.45, 7) is 2.29. The minimum absolute atomic E-state index is 0.208. The molecule has 0 radical (unpaired) electrons. The normalized spacial score (nSPS) is 19.9. The van der Waals surface area contributed by atoms with Gasteiger partial charge < -0.3 is 15.0 Å². The van der Waals surface area contributed by atoms with Crippen LogP contribution in [0.15, 0.2) is 18.3 Å². The van der Waals surface area contributed by atoms with Gasteiger partial charge in [-0.3, -0.25) is 0 Å². The molecular formula is C14H20N4O. The third-order valence-electron chi connectivity index (χ3n) is 3.72. The van der Waals surface area contributed by atoms with Gasteiger partial charge in [0.15, 0.2) is 5.65 Å². The summed E-state index contributed by atoms with van der Waals surface area (Å²) in [5.41, 5.74) is 1.94. The molecule has 5 nitrogen and oxygen atoms in total. The molecule has 3 heterocycles. The van der Waals surface area contributed by atoms with E-state index in [9.17, 15) is 0 Å². The van der Waals surface area contributed by atoms with Crippen LogP contribution in [-0.4, -0.2) is 39.3 Å². The van der Waals surface area contributed by atoms with Gasteiger partial charge in [0.1, 0.15) is 11.3 Å². The lowest BCUT2D eigenvalue weighted by atomic mass is 10.1. The molecule has 3 rings (SSSR count). The first-order valence-electron chi connectivity index (χ1n) is 7.03. The zero-order valence-electron chi connectivity index (χ0n) is 11.0. The van der Waals surface area contributed by atoms with Crippen LogP contribution in [0, 0.1) is 0 Å². The summed E-state index contributed by atoms with van der Waals surface area (Å²) in [6, 6.07) is 4.37. The van der Waals surface area contributed by atoms with Crippen molar-refractivity contribution in [3.8, 4) is 0 Å². The zero-order chi connectivity index (χ0) is 13.1. The summed E-state index contributed by atoms with van der Waals surface area (Å²) < 4.78 is 2.27. The van der Waals surface area contributed by atoms with Crippen LogP contribution >= 0.6 is 0 Å². The first-order valence-corrected chi connectivity index (χ1v) is 7.03. The number of hydrogen-bond donors (Lipinski definition) is 2. The molecule has 2 N–H and O–H groups in total. The summed E-state index contributed by atoms with van der Waals surface area (Å²) in [7, 11) is 0. The number of pyridine rings is 1. The topological polar surface area (TPSA) is 63.0 Å². The van der Waals surface area contributed by atoms with Crippen molar-refractivity contribution >= 4 is 11.2 Å². The zero-order valence-corrected chi connectivity index (χ0v) is 11.0. The molecule has 102 valence electrons. The van der Waals surface area contributed by atoms with E-state index in [0.717, 1.165) is 42.9 Å². The monoisotopic (exact) mass is 260 g/mol. The number of nitrogens with zero attached hydrogens (tertiary/aromatic N) is 3. The Labute approximate surface area is 112 Å². The van der Waals surface area contributed by atoms with Crippen molar-refractivity contribution in [2.75, 3.05) is 19.7 Å². The van der Waals surface area contributed by atoms with Crippen molar-refractivity contribution in [2.45, 2.75) is 31.7 Å². The molecule has 0 bridgehead atoms. The second kappa shape index (κ2) is 5.67. The van der Waals surface area contributed by atoms with E-state index in [2.05, 4.69) is 19.9 Å². The van der Waals surface area contributed by atoms with Gasteiger partial charge in [0.25, 0.3) is 0 Å². The lowest BCUT2D eigenvalue weighted by Crippen LogP contribution is -2.32. The first-order chi connectivity index (χ1) is 9.40. The summed E-state index contributed by atoms with van der Waals surface area (Å²) in [5, 5.41) is 12.5. The van der Waals surface area contributed by atoms with Crippen LogP contribution < -0.4 is 5.32 Å². The highest BCUT2D eigenvalue weighted by Gasteiger charge is 2.21. The SMILES string of the molecule is OCCCc1nc2cccnc2n1C1CCCNC1. The van der Waals surface area contributed by atoms with Gasteiger partial charge in [-0.25, -0.2) is 9.97 Å². The molecule has 2 aromatic rings. The summed E-state index contributed by atoms with van der Waals surface area (Å²) >= 11 is 0. The molecule has 5 heteroatoms. The fraction of sp³-hybridized carbons (Fsp3) is 0.571. The maximum absolute atomic E-state index is 9.04. The third-order valence-corrected chi connectivity index (χ3v) is 3.72. The molecule has 0 spiro atoms. The van der Waals surface area contributed by atoms with Gasteiger partial charge in [0, 0.05) is 31.8 Å². The van der Waals surface area contributed by atoms with Gasteiger partial charge in [-0.15, -0.1) is 0 Å². The van der Waals surface area contributed by atoms with Crippen molar-refractivity contribution in [2.24, 2.45) is 0 Å². The molecule has 0 amide bonds. The van der Waals surface area contributed by atoms with Crippen LogP contribution in [0.1, 0.15) is 31.1 Å². The Hall–Kier alpha value is -1.46. The summed E-state index contributed by atoms with van der Waals surface area (Å²) in [6.07, 6.45) is 5.75. The maximum Gasteiger partial charge on any atom is 0.160 e. The van der Waals surface area contributed by atoms with Crippen LogP contribution in [-0.2, 0) is 6.42 Å². The molecular weight excluding hydrogens is 240 g/mol. The minimum Gasteiger partial charge on any atom is -0.396 e. The average molecular weight is 260 g/mol. The Morgan fingerprint density at radius 3 is 3.21 bits per heavy atom. The highest BCUT2D eigenvalue weighted by Crippen LogP contribution is 2.24. The van der Waals surface area contributed by atoms with Crippen molar-refractivity contribution in [1.82, 2.24) is 19.9 Å². The number of imidazole rings is 1. The van der Waals surface area contributed by atoms with Crippen molar-refractivity contribution in [3.05, 3.63) is 24.2 Å². The summed E-state index contributed by atoms with van der Waals surface area (Å²) in [5.74, 6) is 1.05. The molecule has 1 unspecified atom stereocenters. The van der Waals surface area contributed by atoms with E-state index in [0.29, 0.717) is 6.04 Å². The van der Waals surface area contributed by atoms with Crippen LogP contribution in [0.25, 0.3) is 11.2 Å². The molecule has 0 aromatic carbocycles. The van der Waals surface area contributed by atoms with Gasteiger partial charge in [-0.05, 0) is 37.9 Å². The number of piperidine rings is 1. The number of fused-ring (bicyclic) bond motifs is 1. The molecule has 19 heavy (non-hydrogen) atoms. The Kier molecular flexibility index (Phi) is 3.75. The fourth-order valence-corrected chi connectivity index (χ4v) is 2.83. The molecule has 1 atom stereocenters. The molecule has 1 aliphatic rings. The Morgan fingerprint density at radius 2 is 2.42 bits per heavy atom. The highest BCUT2D eigenvalue weighted by atomic mass is 16.2. The number of nitrogens with one attached hydrogen (secondary N) is 1. The summed E-state index contributed by atoms with van der Waals surface area (Å²) in [4.78, 5) is 9.18. The average Bonchev–Trinajstić information content (AvgIpc) is 2.84. The fourth-order valence-electron chi connectivity index (χ4n) is 2.83. The second-order valence-corrected chi connectivity index (χ2v) is 5.07. The van der Waals surface area contributed by atoms with Gasteiger partial charge in [0.2, 0.25) is 0 Å². The van der Waals surface area contributed by atoms with E-state index < -0.39 is 0 Å². The lowest BCUT2D eigenvalue weighted by molar-refractivity contribution is 0.285. The predicted molar refractivity (Wildman–Crippen MR) is 74.1 cm³/mol. The van der Waals surface area contributed by atoms with Crippen molar-refractivity contribution in [3.63, 3.8) is 0 Å². The molecule has 1 aliphatic heterocycles. The lowest BCUT2D eigenvalue weighted by Gasteiger charge is -2.26. The van der Waals surface area contributed by atoms with E-state index >= 15 is 0 Å². The molecule has 2 aromatic heterocycles. The number of aryl methyl sites for hydroxylation is 1. The molecule has 1 saturated heterocycles. The quantitative estimate of drug-likeness (QED) is 0.869. The van der Waals surface area contributed by atoms with E-state index in [1.165, 1.54) is 12.8 Å². The first kappa shape index (κ1) is 12.6. The van der Waals surface area contributed by atoms with Crippen LogP contribution in [0.4, 0.5) is 0 Å². The Morgan fingerprint density at radius 1 is 1.47 bits per heavy atom. The van der Waals surface area contributed by atoms with Crippen LogP contribution in [0.2, 0.25) is 0 Å². The van der Waals surface area contributed by atoms with Gasteiger partial charge >= 0.3 is 0 Å². The largest absolute Gasteiger partial charge is 0.396 e. The smallest absolute Gasteiger partial charge is 0.160 e. The van der Waals surface area contributed by atoms with Gasteiger partial charge in [0.05, 0.1) is 0 Å². The Bertz CT molecular complexity index is 545. The molecule has 1 fully saturated rings. The number of hydrogen-bond acceptors (Lipinski definition) is 4. The number of rotatable bonds is 4. The minimum atomic E-state index is 0.208. The number of aromatic nitrogens is 3. The van der Waals surface area contributed by atoms with Gasteiger partial charge in [-0.1, -0.05) is 0 Å². The second-order valence-electron chi connectivity index (χ2n) is 5.07. The van der Waals surface area contributed by atoms with E-state index in [1.807, 2.05) is 18.3 Å². The predicted octanol–water partition coefficient (Wildman–Crippen LogP) is 1.28. The van der Waals surface area contributed by atoms with Crippen LogP contribution in [0.3, 0.4) is 0 Å². The van der Waals surface area contributed by atoms with E-state index in [4.69, 9.17) is 5.11 Å². The van der Waals surface area contributed by atoms with Crippen molar-refractivity contribution in [1.29, 1.82) is 0 Å². The number of aliphatic hydroxyl groups excluding tert-OH is 1. The third kappa shape index (κ3) is 2.48.